The van der Waals surface area contributed by atoms with Crippen LogP contribution in [0.1, 0.15) is 18.2 Å². The molecule has 0 spiro atoms. The number of hydrogen-bond donors (Lipinski definition) is 1. The van der Waals surface area contributed by atoms with Gasteiger partial charge in [-0.15, -0.1) is 0 Å². The quantitative estimate of drug-likeness (QED) is 0.885. The Bertz CT molecular complexity index is 531. The molecule has 0 bridgehead atoms. The van der Waals surface area contributed by atoms with E-state index in [1.807, 2.05) is 18.5 Å². The molecule has 2 aromatic rings. The summed E-state index contributed by atoms with van der Waals surface area (Å²) in [5.74, 6) is -0.235. The summed E-state index contributed by atoms with van der Waals surface area (Å²) in [7, 11) is 0. The lowest BCUT2D eigenvalue weighted by molar-refractivity contribution is 0.629. The second kappa shape index (κ2) is 4.67. The largest absolute Gasteiger partial charge is 0.326 e. The summed E-state index contributed by atoms with van der Waals surface area (Å²) < 4.78 is 15.7. The van der Waals surface area contributed by atoms with Gasteiger partial charge in [-0.3, -0.25) is 4.68 Å². The van der Waals surface area contributed by atoms with Crippen LogP contribution in [0.2, 0.25) is 0 Å². The average molecular weight is 233 g/mol. The third-order valence-electron chi connectivity index (χ3n) is 2.96. The van der Waals surface area contributed by atoms with E-state index in [1.165, 1.54) is 6.07 Å². The van der Waals surface area contributed by atoms with Crippen molar-refractivity contribution < 1.29 is 4.39 Å². The summed E-state index contributed by atoms with van der Waals surface area (Å²) in [5.41, 5.74) is 8.87. The van der Waals surface area contributed by atoms with Crippen LogP contribution in [0, 0.1) is 12.7 Å². The number of aromatic nitrogens is 2. The Morgan fingerprint density at radius 3 is 2.71 bits per heavy atom. The van der Waals surface area contributed by atoms with Crippen LogP contribution in [0.15, 0.2) is 24.4 Å². The minimum absolute atomic E-state index is 0.235. The van der Waals surface area contributed by atoms with Gasteiger partial charge in [-0.25, -0.2) is 4.39 Å². The summed E-state index contributed by atoms with van der Waals surface area (Å²) in [6.45, 7) is 5.15. The van der Waals surface area contributed by atoms with Crippen LogP contribution < -0.4 is 5.73 Å². The highest BCUT2D eigenvalue weighted by Crippen LogP contribution is 2.26. The zero-order valence-electron chi connectivity index (χ0n) is 10.1. The summed E-state index contributed by atoms with van der Waals surface area (Å²) in [4.78, 5) is 0. The fraction of sp³-hybridized carbons (Fsp3) is 0.308. The highest BCUT2D eigenvalue weighted by molar-refractivity contribution is 5.66. The van der Waals surface area contributed by atoms with Gasteiger partial charge in [0, 0.05) is 29.9 Å². The first-order valence-corrected chi connectivity index (χ1v) is 5.68. The van der Waals surface area contributed by atoms with Crippen molar-refractivity contribution in [2.24, 2.45) is 5.73 Å². The topological polar surface area (TPSA) is 43.8 Å². The lowest BCUT2D eigenvalue weighted by atomic mass is 10.0. The number of nitrogens with two attached hydrogens (primary N) is 1. The maximum absolute atomic E-state index is 13.8. The number of benzene rings is 1. The van der Waals surface area contributed by atoms with E-state index in [9.17, 15) is 4.39 Å². The van der Waals surface area contributed by atoms with E-state index in [0.717, 1.165) is 23.4 Å². The molecular weight excluding hydrogens is 217 g/mol. The van der Waals surface area contributed by atoms with Crippen LogP contribution in [0.5, 0.6) is 0 Å². The van der Waals surface area contributed by atoms with E-state index in [-0.39, 0.29) is 5.82 Å². The lowest BCUT2D eigenvalue weighted by Crippen LogP contribution is -2.00. The van der Waals surface area contributed by atoms with Crippen molar-refractivity contribution >= 4 is 0 Å². The van der Waals surface area contributed by atoms with Crippen molar-refractivity contribution in [3.8, 4) is 11.1 Å². The predicted octanol–water partition coefficient (Wildman–Crippen LogP) is 2.48. The minimum atomic E-state index is -0.235. The van der Waals surface area contributed by atoms with E-state index >= 15 is 0 Å². The van der Waals surface area contributed by atoms with Crippen LogP contribution >= 0.6 is 0 Å². The van der Waals surface area contributed by atoms with Crippen molar-refractivity contribution in [3.05, 3.63) is 41.5 Å². The number of nitrogens with zero attached hydrogens (tertiary/aromatic N) is 2. The molecule has 90 valence electrons. The van der Waals surface area contributed by atoms with E-state index in [0.29, 0.717) is 12.1 Å². The molecule has 3 nitrogen and oxygen atoms in total. The molecule has 2 N–H and O–H groups in total. The number of aryl methyl sites for hydroxylation is 1. The van der Waals surface area contributed by atoms with Gasteiger partial charge in [0.1, 0.15) is 5.82 Å². The average Bonchev–Trinajstić information content (AvgIpc) is 2.71. The smallest absolute Gasteiger partial charge is 0.131 e. The summed E-state index contributed by atoms with van der Waals surface area (Å²) in [5, 5.41) is 4.23. The molecule has 1 aromatic carbocycles. The Labute approximate surface area is 100 Å². The fourth-order valence-corrected chi connectivity index (χ4v) is 1.94. The Morgan fingerprint density at radius 2 is 2.12 bits per heavy atom. The molecule has 0 amide bonds. The predicted molar refractivity (Wildman–Crippen MR) is 65.9 cm³/mol. The van der Waals surface area contributed by atoms with Crippen LogP contribution in [-0.2, 0) is 13.1 Å². The van der Waals surface area contributed by atoms with Crippen LogP contribution in [-0.4, -0.2) is 9.78 Å². The molecule has 4 heteroatoms. The maximum atomic E-state index is 13.8. The highest BCUT2D eigenvalue weighted by Gasteiger charge is 2.12. The second-order valence-corrected chi connectivity index (χ2v) is 3.98. The molecule has 0 aliphatic carbocycles. The Hall–Kier alpha value is -1.68. The molecule has 0 aliphatic rings. The molecule has 0 fully saturated rings. The van der Waals surface area contributed by atoms with Gasteiger partial charge in [0.25, 0.3) is 0 Å². The molecule has 0 unspecified atom stereocenters. The van der Waals surface area contributed by atoms with Crippen LogP contribution in [0.4, 0.5) is 4.39 Å². The van der Waals surface area contributed by atoms with Gasteiger partial charge in [0.15, 0.2) is 0 Å². The van der Waals surface area contributed by atoms with Crippen molar-refractivity contribution in [2.45, 2.75) is 26.9 Å². The first-order chi connectivity index (χ1) is 8.17. The first kappa shape index (κ1) is 11.8. The third kappa shape index (κ3) is 2.08. The normalized spacial score (nSPS) is 10.8. The van der Waals surface area contributed by atoms with Gasteiger partial charge < -0.3 is 5.73 Å². The summed E-state index contributed by atoms with van der Waals surface area (Å²) >= 11 is 0. The van der Waals surface area contributed by atoms with Gasteiger partial charge in [-0.1, -0.05) is 6.07 Å². The molecule has 2 rings (SSSR count). The van der Waals surface area contributed by atoms with Crippen molar-refractivity contribution in [2.75, 3.05) is 0 Å². The minimum Gasteiger partial charge on any atom is -0.326 e. The lowest BCUT2D eigenvalue weighted by Gasteiger charge is -2.06. The van der Waals surface area contributed by atoms with E-state index < -0.39 is 0 Å². The SMILES string of the molecule is CCn1ncc(-c2cc(CN)ccc2F)c1C. The Kier molecular flexibility index (Phi) is 3.24. The molecule has 0 radical (unpaired) electrons. The molecule has 17 heavy (non-hydrogen) atoms. The Balaban J connectivity index is 2.55. The van der Waals surface area contributed by atoms with Crippen LogP contribution in [0.25, 0.3) is 11.1 Å². The molecule has 0 saturated carbocycles. The van der Waals surface area contributed by atoms with Gasteiger partial charge in [0.05, 0.1) is 6.20 Å². The molecule has 0 saturated heterocycles. The van der Waals surface area contributed by atoms with Gasteiger partial charge in [-0.2, -0.15) is 5.10 Å². The monoisotopic (exact) mass is 233 g/mol. The number of rotatable bonds is 3. The zero-order valence-corrected chi connectivity index (χ0v) is 10.1. The fourth-order valence-electron chi connectivity index (χ4n) is 1.94. The molecule has 0 atom stereocenters. The summed E-state index contributed by atoms with van der Waals surface area (Å²) in [6, 6.07) is 4.96. The number of halogens is 1. The Morgan fingerprint density at radius 1 is 1.35 bits per heavy atom. The van der Waals surface area contributed by atoms with Gasteiger partial charge in [0.2, 0.25) is 0 Å². The van der Waals surface area contributed by atoms with Crippen LogP contribution in [0.3, 0.4) is 0 Å². The first-order valence-electron chi connectivity index (χ1n) is 5.68. The van der Waals surface area contributed by atoms with Crippen molar-refractivity contribution in [1.29, 1.82) is 0 Å². The maximum Gasteiger partial charge on any atom is 0.131 e. The van der Waals surface area contributed by atoms with E-state index in [4.69, 9.17) is 5.73 Å². The molecule has 1 heterocycles. The molecular formula is C13H16FN3. The van der Waals surface area contributed by atoms with Crippen molar-refractivity contribution in [1.82, 2.24) is 9.78 Å². The highest BCUT2D eigenvalue weighted by atomic mass is 19.1. The van der Waals surface area contributed by atoms with Crippen molar-refractivity contribution in [3.63, 3.8) is 0 Å². The van der Waals surface area contributed by atoms with E-state index in [1.54, 1.807) is 18.3 Å². The molecule has 1 aromatic heterocycles. The van der Waals surface area contributed by atoms with E-state index in [2.05, 4.69) is 5.10 Å². The summed E-state index contributed by atoms with van der Waals surface area (Å²) in [6.07, 6.45) is 1.71. The second-order valence-electron chi connectivity index (χ2n) is 3.98. The van der Waals surface area contributed by atoms with Gasteiger partial charge >= 0.3 is 0 Å². The van der Waals surface area contributed by atoms with Gasteiger partial charge in [-0.05, 0) is 31.5 Å². The third-order valence-corrected chi connectivity index (χ3v) is 2.96. The zero-order chi connectivity index (χ0) is 12.4. The standard InChI is InChI=1S/C13H16FN3/c1-3-17-9(2)12(8-16-17)11-6-10(7-15)4-5-13(11)14/h4-6,8H,3,7,15H2,1-2H3. The number of hydrogen-bond acceptors (Lipinski definition) is 2. The molecule has 0 aliphatic heterocycles.